The smallest absolute Gasteiger partial charge is 0.257 e. The van der Waals surface area contributed by atoms with Crippen molar-refractivity contribution in [2.24, 2.45) is 0 Å². The van der Waals surface area contributed by atoms with Gasteiger partial charge in [-0.25, -0.2) is 0 Å². The topological polar surface area (TPSA) is 64.1 Å². The zero-order chi connectivity index (χ0) is 18.9. The highest BCUT2D eigenvalue weighted by Gasteiger charge is 2.11. The average Bonchev–Trinajstić information content (AvgIpc) is 3.15. The molecule has 0 bridgehead atoms. The van der Waals surface area contributed by atoms with Crippen LogP contribution in [0.3, 0.4) is 0 Å². The van der Waals surface area contributed by atoms with Crippen molar-refractivity contribution in [2.75, 3.05) is 11.9 Å². The predicted octanol–water partition coefficient (Wildman–Crippen LogP) is 5.26. The minimum atomic E-state index is -0.203. The lowest BCUT2D eigenvalue weighted by Crippen LogP contribution is -2.11. The standard InChI is InChI=1S/C20H21N3O2S2/c1-2-3-13-25-17-11-9-16(10-12-17)18(24)21-19-22-23-20(27-19)26-14-15-7-5-4-6-8-15/h4-12H,2-3,13-14H2,1H3,(H,21,22,24). The number of rotatable bonds is 9. The van der Waals surface area contributed by atoms with Gasteiger partial charge < -0.3 is 4.74 Å². The number of carbonyl (C=O) groups excluding carboxylic acids is 1. The number of hydrogen-bond acceptors (Lipinski definition) is 6. The highest BCUT2D eigenvalue weighted by atomic mass is 32.2. The number of unbranched alkanes of at least 4 members (excludes halogenated alkanes) is 1. The molecule has 7 heteroatoms. The monoisotopic (exact) mass is 399 g/mol. The maximum absolute atomic E-state index is 12.4. The Kier molecular flexibility index (Phi) is 7.24. The number of nitrogens with zero attached hydrogens (tertiary/aromatic N) is 2. The van der Waals surface area contributed by atoms with Gasteiger partial charge in [0.1, 0.15) is 5.75 Å². The molecule has 0 aliphatic carbocycles. The third-order valence-corrected chi connectivity index (χ3v) is 5.76. The summed E-state index contributed by atoms with van der Waals surface area (Å²) in [5, 5.41) is 11.5. The highest BCUT2D eigenvalue weighted by molar-refractivity contribution is 8.00. The first kappa shape index (κ1) is 19.4. The summed E-state index contributed by atoms with van der Waals surface area (Å²) in [4.78, 5) is 12.4. The molecule has 0 saturated carbocycles. The minimum Gasteiger partial charge on any atom is -0.494 e. The second kappa shape index (κ2) is 10.1. The van der Waals surface area contributed by atoms with Crippen LogP contribution in [0.2, 0.25) is 0 Å². The van der Waals surface area contributed by atoms with E-state index in [1.165, 1.54) is 16.9 Å². The van der Waals surface area contributed by atoms with Gasteiger partial charge in [0.2, 0.25) is 5.13 Å². The van der Waals surface area contributed by atoms with Gasteiger partial charge in [-0.3, -0.25) is 10.1 Å². The van der Waals surface area contributed by atoms with Crippen LogP contribution in [0, 0.1) is 0 Å². The Balaban J connectivity index is 1.51. The van der Waals surface area contributed by atoms with Crippen LogP contribution in [0.1, 0.15) is 35.7 Å². The van der Waals surface area contributed by atoms with Crippen LogP contribution >= 0.6 is 23.1 Å². The van der Waals surface area contributed by atoms with Crippen LogP contribution in [0.4, 0.5) is 5.13 Å². The van der Waals surface area contributed by atoms with Crippen molar-refractivity contribution >= 4 is 34.1 Å². The quantitative estimate of drug-likeness (QED) is 0.302. The number of aromatic nitrogens is 2. The van der Waals surface area contributed by atoms with Gasteiger partial charge in [-0.2, -0.15) is 0 Å². The zero-order valence-electron chi connectivity index (χ0n) is 15.1. The molecule has 27 heavy (non-hydrogen) atoms. The van der Waals surface area contributed by atoms with Gasteiger partial charge in [0.25, 0.3) is 5.91 Å². The fourth-order valence-corrected chi connectivity index (χ4v) is 3.95. The maximum Gasteiger partial charge on any atom is 0.257 e. The summed E-state index contributed by atoms with van der Waals surface area (Å²) in [6, 6.07) is 17.3. The van der Waals surface area contributed by atoms with Crippen molar-refractivity contribution in [3.63, 3.8) is 0 Å². The molecule has 1 N–H and O–H groups in total. The average molecular weight is 400 g/mol. The van der Waals surface area contributed by atoms with E-state index in [1.807, 2.05) is 30.3 Å². The molecule has 1 heterocycles. The number of anilines is 1. The van der Waals surface area contributed by atoms with E-state index in [2.05, 4.69) is 34.6 Å². The van der Waals surface area contributed by atoms with Crippen molar-refractivity contribution in [1.82, 2.24) is 10.2 Å². The van der Waals surface area contributed by atoms with E-state index < -0.39 is 0 Å². The van der Waals surface area contributed by atoms with E-state index >= 15 is 0 Å². The lowest BCUT2D eigenvalue weighted by Gasteiger charge is -2.06. The third kappa shape index (κ3) is 6.08. The van der Waals surface area contributed by atoms with Crippen LogP contribution < -0.4 is 10.1 Å². The molecule has 1 aromatic heterocycles. The Morgan fingerprint density at radius 2 is 1.89 bits per heavy atom. The SMILES string of the molecule is CCCCOc1ccc(C(=O)Nc2nnc(SCc3ccccc3)s2)cc1. The summed E-state index contributed by atoms with van der Waals surface area (Å²) in [7, 11) is 0. The predicted molar refractivity (Wildman–Crippen MR) is 111 cm³/mol. The van der Waals surface area contributed by atoms with Gasteiger partial charge in [0.15, 0.2) is 4.34 Å². The number of amides is 1. The fraction of sp³-hybridized carbons (Fsp3) is 0.250. The molecule has 5 nitrogen and oxygen atoms in total. The van der Waals surface area contributed by atoms with Crippen molar-refractivity contribution in [3.8, 4) is 5.75 Å². The van der Waals surface area contributed by atoms with Crippen LogP contribution in [0.15, 0.2) is 58.9 Å². The highest BCUT2D eigenvalue weighted by Crippen LogP contribution is 2.28. The summed E-state index contributed by atoms with van der Waals surface area (Å²) in [6.45, 7) is 2.81. The van der Waals surface area contributed by atoms with Crippen LogP contribution in [-0.2, 0) is 5.75 Å². The van der Waals surface area contributed by atoms with Crippen molar-refractivity contribution in [2.45, 2.75) is 29.9 Å². The first-order valence-corrected chi connectivity index (χ1v) is 10.6. The molecule has 3 rings (SSSR count). The van der Waals surface area contributed by atoms with Gasteiger partial charge in [-0.05, 0) is 36.2 Å². The third-order valence-electron chi connectivity index (χ3n) is 3.72. The largest absolute Gasteiger partial charge is 0.494 e. The second-order valence-electron chi connectivity index (χ2n) is 5.83. The molecule has 0 atom stereocenters. The summed E-state index contributed by atoms with van der Waals surface area (Å²) in [6.07, 6.45) is 2.11. The molecule has 0 aliphatic heterocycles. The van der Waals surface area contributed by atoms with Gasteiger partial charge in [0, 0.05) is 11.3 Å². The minimum absolute atomic E-state index is 0.203. The Labute approximate surface area is 167 Å². The van der Waals surface area contributed by atoms with Crippen LogP contribution in [-0.4, -0.2) is 22.7 Å². The van der Waals surface area contributed by atoms with E-state index in [1.54, 1.807) is 23.9 Å². The molecule has 0 saturated heterocycles. The lowest BCUT2D eigenvalue weighted by atomic mass is 10.2. The summed E-state index contributed by atoms with van der Waals surface area (Å²) >= 11 is 2.98. The normalized spacial score (nSPS) is 10.6. The number of hydrogen-bond donors (Lipinski definition) is 1. The number of nitrogens with one attached hydrogen (secondary N) is 1. The molecule has 140 valence electrons. The van der Waals surface area contributed by atoms with E-state index in [9.17, 15) is 4.79 Å². The van der Waals surface area contributed by atoms with Gasteiger partial charge in [-0.15, -0.1) is 10.2 Å². The molecule has 0 spiro atoms. The van der Waals surface area contributed by atoms with E-state index in [4.69, 9.17) is 4.74 Å². The summed E-state index contributed by atoms with van der Waals surface area (Å²) in [5.41, 5.74) is 1.79. The first-order valence-electron chi connectivity index (χ1n) is 8.79. The molecule has 3 aromatic rings. The van der Waals surface area contributed by atoms with Gasteiger partial charge in [-0.1, -0.05) is 66.8 Å². The summed E-state index contributed by atoms with van der Waals surface area (Å²) < 4.78 is 6.44. The molecular formula is C20H21N3O2S2. The molecule has 0 radical (unpaired) electrons. The number of thioether (sulfide) groups is 1. The Morgan fingerprint density at radius 1 is 1.11 bits per heavy atom. The number of carbonyl (C=O) groups is 1. The molecule has 2 aromatic carbocycles. The second-order valence-corrected chi connectivity index (χ2v) is 8.03. The Hall–Kier alpha value is -2.38. The molecule has 0 fully saturated rings. The van der Waals surface area contributed by atoms with Crippen LogP contribution in [0.25, 0.3) is 0 Å². The first-order chi connectivity index (χ1) is 13.2. The number of ether oxygens (including phenoxy) is 1. The molecule has 1 amide bonds. The van der Waals surface area contributed by atoms with Gasteiger partial charge in [0.05, 0.1) is 6.61 Å². The van der Waals surface area contributed by atoms with E-state index in [0.29, 0.717) is 17.3 Å². The maximum atomic E-state index is 12.4. The zero-order valence-corrected chi connectivity index (χ0v) is 16.7. The van der Waals surface area contributed by atoms with Crippen molar-refractivity contribution < 1.29 is 9.53 Å². The van der Waals surface area contributed by atoms with E-state index in [0.717, 1.165) is 28.7 Å². The Morgan fingerprint density at radius 3 is 2.63 bits per heavy atom. The van der Waals surface area contributed by atoms with Crippen LogP contribution in [0.5, 0.6) is 5.75 Å². The lowest BCUT2D eigenvalue weighted by molar-refractivity contribution is 0.102. The molecule has 0 unspecified atom stereocenters. The summed E-state index contributed by atoms with van der Waals surface area (Å²) in [5.74, 6) is 1.39. The number of benzene rings is 2. The van der Waals surface area contributed by atoms with Gasteiger partial charge >= 0.3 is 0 Å². The molecule has 0 aliphatic rings. The van der Waals surface area contributed by atoms with Crippen molar-refractivity contribution in [1.29, 1.82) is 0 Å². The molecular weight excluding hydrogens is 378 g/mol. The Bertz CT molecular complexity index is 851. The fourth-order valence-electron chi connectivity index (χ4n) is 2.24. The van der Waals surface area contributed by atoms with E-state index in [-0.39, 0.29) is 5.91 Å². The van der Waals surface area contributed by atoms with Crippen molar-refractivity contribution in [3.05, 3.63) is 65.7 Å².